The molecule has 0 radical (unpaired) electrons. The Morgan fingerprint density at radius 1 is 1.48 bits per heavy atom. The summed E-state index contributed by atoms with van der Waals surface area (Å²) in [4.78, 5) is 15.4. The van der Waals surface area contributed by atoms with Gasteiger partial charge in [0, 0.05) is 22.7 Å². The van der Waals surface area contributed by atoms with E-state index in [1.807, 2.05) is 23.1 Å². The highest BCUT2D eigenvalue weighted by Gasteiger charge is 2.34. The Balaban J connectivity index is 1.98. The van der Waals surface area contributed by atoms with Crippen molar-refractivity contribution in [2.24, 2.45) is 0 Å². The van der Waals surface area contributed by atoms with Gasteiger partial charge in [-0.05, 0) is 37.5 Å². The van der Waals surface area contributed by atoms with Crippen LogP contribution in [0.5, 0.6) is 5.75 Å². The van der Waals surface area contributed by atoms with E-state index in [1.54, 1.807) is 7.11 Å². The molecule has 3 rings (SSSR count). The number of anilines is 1. The van der Waals surface area contributed by atoms with Crippen LogP contribution in [-0.2, 0) is 0 Å². The van der Waals surface area contributed by atoms with Crippen LogP contribution in [0.3, 0.4) is 0 Å². The highest BCUT2D eigenvalue weighted by Crippen LogP contribution is 2.38. The summed E-state index contributed by atoms with van der Waals surface area (Å²) in [5.41, 5.74) is 6.81. The molecule has 1 saturated carbocycles. The minimum atomic E-state index is 0.0806. The maximum absolute atomic E-state index is 12.8. The molecule has 112 valence electrons. The summed E-state index contributed by atoms with van der Waals surface area (Å²) in [6.45, 7) is 2.91. The molecule has 1 aromatic carbocycles. The van der Waals surface area contributed by atoms with E-state index in [0.717, 1.165) is 41.6 Å². The standard InChI is InChI=1S/C16H20N2O2S/c1-3-8-18(10-4-5-10)16(19)15-14(17)12-7-6-11(20-2)9-13(12)21-15/h6-7,9-10H,3-5,8,17H2,1-2H3. The zero-order chi connectivity index (χ0) is 15.0. The zero-order valence-corrected chi connectivity index (χ0v) is 13.2. The molecule has 21 heavy (non-hydrogen) atoms. The van der Waals surface area contributed by atoms with Crippen molar-refractivity contribution in [3.63, 3.8) is 0 Å². The van der Waals surface area contributed by atoms with Gasteiger partial charge < -0.3 is 15.4 Å². The lowest BCUT2D eigenvalue weighted by molar-refractivity contribution is 0.0749. The van der Waals surface area contributed by atoms with E-state index >= 15 is 0 Å². The monoisotopic (exact) mass is 304 g/mol. The molecule has 1 amide bonds. The quantitative estimate of drug-likeness (QED) is 0.919. The van der Waals surface area contributed by atoms with Crippen LogP contribution in [-0.4, -0.2) is 30.5 Å². The first-order chi connectivity index (χ1) is 10.2. The van der Waals surface area contributed by atoms with Crippen LogP contribution in [0.4, 0.5) is 5.69 Å². The Hall–Kier alpha value is -1.75. The van der Waals surface area contributed by atoms with Crippen LogP contribution in [0, 0.1) is 0 Å². The van der Waals surface area contributed by atoms with Crippen LogP contribution in [0.25, 0.3) is 10.1 Å². The molecule has 4 nitrogen and oxygen atoms in total. The number of nitrogen functional groups attached to an aromatic ring is 1. The number of amides is 1. The number of carbonyl (C=O) groups is 1. The Kier molecular flexibility index (Phi) is 3.76. The van der Waals surface area contributed by atoms with Crippen molar-refractivity contribution in [3.05, 3.63) is 23.1 Å². The van der Waals surface area contributed by atoms with Crippen LogP contribution in [0.15, 0.2) is 18.2 Å². The number of nitrogens with two attached hydrogens (primary N) is 1. The molecule has 0 atom stereocenters. The third-order valence-corrected chi connectivity index (χ3v) is 5.00. The van der Waals surface area contributed by atoms with Gasteiger partial charge in [0.25, 0.3) is 5.91 Å². The molecule has 1 heterocycles. The topological polar surface area (TPSA) is 55.6 Å². The van der Waals surface area contributed by atoms with E-state index in [2.05, 4.69) is 6.92 Å². The fraction of sp³-hybridized carbons (Fsp3) is 0.438. The molecular formula is C16H20N2O2S. The van der Waals surface area contributed by atoms with Gasteiger partial charge in [-0.1, -0.05) is 6.92 Å². The highest BCUT2D eigenvalue weighted by molar-refractivity contribution is 7.21. The van der Waals surface area contributed by atoms with E-state index < -0.39 is 0 Å². The number of thiophene rings is 1. The highest BCUT2D eigenvalue weighted by atomic mass is 32.1. The van der Waals surface area contributed by atoms with Gasteiger partial charge in [-0.15, -0.1) is 11.3 Å². The van der Waals surface area contributed by atoms with Crippen LogP contribution in [0.1, 0.15) is 35.9 Å². The molecule has 0 unspecified atom stereocenters. The minimum Gasteiger partial charge on any atom is -0.497 e. The molecule has 5 heteroatoms. The average Bonchev–Trinajstić information content (AvgIpc) is 3.28. The second-order valence-electron chi connectivity index (χ2n) is 5.44. The first kappa shape index (κ1) is 14.2. The SMILES string of the molecule is CCCN(C(=O)c1sc2cc(OC)ccc2c1N)C1CC1. The predicted octanol–water partition coefficient (Wildman–Crippen LogP) is 3.51. The number of methoxy groups -OCH3 is 1. The Labute approximate surface area is 128 Å². The van der Waals surface area contributed by atoms with E-state index in [-0.39, 0.29) is 5.91 Å². The van der Waals surface area contributed by atoms with Crippen molar-refractivity contribution in [2.75, 3.05) is 19.4 Å². The fourth-order valence-corrected chi connectivity index (χ4v) is 3.70. The first-order valence-electron chi connectivity index (χ1n) is 7.32. The Morgan fingerprint density at radius 2 is 2.24 bits per heavy atom. The molecule has 1 fully saturated rings. The second-order valence-corrected chi connectivity index (χ2v) is 6.49. The van der Waals surface area contributed by atoms with Gasteiger partial charge in [-0.3, -0.25) is 4.79 Å². The largest absolute Gasteiger partial charge is 0.497 e. The van der Waals surface area contributed by atoms with E-state index in [1.165, 1.54) is 11.3 Å². The lowest BCUT2D eigenvalue weighted by Gasteiger charge is -2.21. The zero-order valence-electron chi connectivity index (χ0n) is 12.4. The van der Waals surface area contributed by atoms with Crippen LogP contribution in [0.2, 0.25) is 0 Å². The number of fused-ring (bicyclic) bond motifs is 1. The van der Waals surface area contributed by atoms with Crippen molar-refractivity contribution >= 4 is 33.0 Å². The summed E-state index contributed by atoms with van der Waals surface area (Å²) in [7, 11) is 1.64. The van der Waals surface area contributed by atoms with E-state index in [0.29, 0.717) is 16.6 Å². The smallest absolute Gasteiger partial charge is 0.266 e. The number of carbonyl (C=O) groups excluding carboxylic acids is 1. The van der Waals surface area contributed by atoms with Gasteiger partial charge in [0.1, 0.15) is 10.6 Å². The summed E-state index contributed by atoms with van der Waals surface area (Å²) in [6, 6.07) is 6.16. The number of rotatable bonds is 5. The van der Waals surface area contributed by atoms with Crippen molar-refractivity contribution < 1.29 is 9.53 Å². The fourth-order valence-electron chi connectivity index (χ4n) is 2.59. The molecule has 2 aromatic rings. The summed E-state index contributed by atoms with van der Waals surface area (Å²) >= 11 is 1.46. The molecule has 0 spiro atoms. The van der Waals surface area contributed by atoms with Crippen molar-refractivity contribution in [2.45, 2.75) is 32.2 Å². The number of nitrogens with zero attached hydrogens (tertiary/aromatic N) is 1. The normalized spacial score (nSPS) is 14.4. The van der Waals surface area contributed by atoms with Crippen LogP contribution < -0.4 is 10.5 Å². The second kappa shape index (κ2) is 5.56. The third kappa shape index (κ3) is 2.58. The number of benzene rings is 1. The summed E-state index contributed by atoms with van der Waals surface area (Å²) in [5.74, 6) is 0.868. The number of hydrogen-bond acceptors (Lipinski definition) is 4. The molecule has 0 saturated heterocycles. The minimum absolute atomic E-state index is 0.0806. The third-order valence-electron chi connectivity index (χ3n) is 3.84. The molecule has 1 aromatic heterocycles. The van der Waals surface area contributed by atoms with Crippen molar-refractivity contribution in [1.82, 2.24) is 4.90 Å². The lowest BCUT2D eigenvalue weighted by Crippen LogP contribution is -2.33. The molecule has 2 N–H and O–H groups in total. The summed E-state index contributed by atoms with van der Waals surface area (Å²) < 4.78 is 6.24. The van der Waals surface area contributed by atoms with Gasteiger partial charge in [0.2, 0.25) is 0 Å². The maximum Gasteiger partial charge on any atom is 0.266 e. The van der Waals surface area contributed by atoms with Gasteiger partial charge in [-0.2, -0.15) is 0 Å². The van der Waals surface area contributed by atoms with Crippen molar-refractivity contribution in [1.29, 1.82) is 0 Å². The van der Waals surface area contributed by atoms with E-state index in [4.69, 9.17) is 10.5 Å². The number of ether oxygens (including phenoxy) is 1. The number of hydrogen-bond donors (Lipinski definition) is 1. The molecular weight excluding hydrogens is 284 g/mol. The van der Waals surface area contributed by atoms with Gasteiger partial charge in [-0.25, -0.2) is 0 Å². The molecule has 0 aliphatic heterocycles. The summed E-state index contributed by atoms with van der Waals surface area (Å²) in [5, 5.41) is 0.941. The lowest BCUT2D eigenvalue weighted by atomic mass is 10.2. The van der Waals surface area contributed by atoms with Gasteiger partial charge >= 0.3 is 0 Å². The molecule has 0 bridgehead atoms. The molecule has 1 aliphatic carbocycles. The average molecular weight is 304 g/mol. The van der Waals surface area contributed by atoms with E-state index in [9.17, 15) is 4.79 Å². The maximum atomic E-state index is 12.8. The van der Waals surface area contributed by atoms with Gasteiger partial charge in [0.15, 0.2) is 0 Å². The van der Waals surface area contributed by atoms with Gasteiger partial charge in [0.05, 0.1) is 12.8 Å². The first-order valence-corrected chi connectivity index (χ1v) is 8.14. The Bertz CT molecular complexity index is 676. The predicted molar refractivity (Wildman–Crippen MR) is 87.1 cm³/mol. The van der Waals surface area contributed by atoms with Crippen molar-refractivity contribution in [3.8, 4) is 5.75 Å². The Morgan fingerprint density at radius 3 is 2.86 bits per heavy atom. The molecule has 1 aliphatic rings. The van der Waals surface area contributed by atoms with Crippen LogP contribution >= 0.6 is 11.3 Å². The summed E-state index contributed by atoms with van der Waals surface area (Å²) in [6.07, 6.45) is 3.20.